The van der Waals surface area contributed by atoms with Gasteiger partial charge in [0.05, 0.1) is 12.0 Å². The number of nitrogens with one attached hydrogen (secondary N) is 1. The zero-order valence-electron chi connectivity index (χ0n) is 14.2. The Hall–Kier alpha value is -2.98. The lowest BCUT2D eigenvalue weighted by atomic mass is 10.3. The number of anilines is 1. The highest BCUT2D eigenvalue weighted by Gasteiger charge is 2.23. The molecule has 0 aliphatic heterocycles. The number of carbonyl (C=O) groups is 1. The van der Waals surface area contributed by atoms with Crippen LogP contribution in [-0.4, -0.2) is 37.4 Å². The van der Waals surface area contributed by atoms with Crippen molar-refractivity contribution < 1.29 is 22.7 Å². The SMILES string of the molecule is COc1ccccc1OCC(=O)Nc1nc(S(=O)(=O)c2ccccc2)ns1. The number of nitrogens with zero attached hydrogens (tertiary/aromatic N) is 2. The minimum atomic E-state index is -3.83. The van der Waals surface area contributed by atoms with E-state index in [1.807, 2.05) is 0 Å². The van der Waals surface area contributed by atoms with Crippen LogP contribution in [0.1, 0.15) is 0 Å². The highest BCUT2D eigenvalue weighted by atomic mass is 32.2. The lowest BCUT2D eigenvalue weighted by Crippen LogP contribution is -2.20. The van der Waals surface area contributed by atoms with Crippen molar-refractivity contribution in [3.8, 4) is 11.5 Å². The summed E-state index contributed by atoms with van der Waals surface area (Å²) in [5.74, 6) is 0.415. The van der Waals surface area contributed by atoms with E-state index >= 15 is 0 Å². The molecule has 0 spiro atoms. The molecule has 1 N–H and O–H groups in total. The molecule has 0 atom stereocenters. The number of sulfone groups is 1. The third-order valence-electron chi connectivity index (χ3n) is 3.38. The molecule has 2 aromatic carbocycles. The number of methoxy groups -OCH3 is 1. The number of rotatable bonds is 7. The van der Waals surface area contributed by atoms with E-state index in [9.17, 15) is 13.2 Å². The smallest absolute Gasteiger partial charge is 0.265 e. The van der Waals surface area contributed by atoms with Gasteiger partial charge in [0.1, 0.15) is 0 Å². The molecule has 27 heavy (non-hydrogen) atoms. The van der Waals surface area contributed by atoms with Crippen molar-refractivity contribution in [2.45, 2.75) is 10.1 Å². The maximum Gasteiger partial charge on any atom is 0.265 e. The Bertz CT molecular complexity index is 1040. The van der Waals surface area contributed by atoms with E-state index < -0.39 is 15.7 Å². The minimum absolute atomic E-state index is 0.0677. The topological polar surface area (TPSA) is 107 Å². The number of ether oxygens (including phenoxy) is 2. The van der Waals surface area contributed by atoms with E-state index in [0.717, 1.165) is 11.5 Å². The summed E-state index contributed by atoms with van der Waals surface area (Å²) < 4.78 is 39.3. The summed E-state index contributed by atoms with van der Waals surface area (Å²) in [7, 11) is -2.33. The fraction of sp³-hybridized carbons (Fsp3) is 0.118. The number of amides is 1. The highest BCUT2D eigenvalue weighted by molar-refractivity contribution is 7.91. The molecular formula is C17H15N3O5S2. The van der Waals surface area contributed by atoms with Crippen molar-refractivity contribution in [1.82, 2.24) is 9.36 Å². The van der Waals surface area contributed by atoms with Crippen LogP contribution in [0.2, 0.25) is 0 Å². The normalized spacial score (nSPS) is 11.0. The van der Waals surface area contributed by atoms with E-state index in [-0.39, 0.29) is 21.8 Å². The summed E-state index contributed by atoms with van der Waals surface area (Å²) in [6, 6.07) is 14.7. The molecule has 0 bridgehead atoms. The van der Waals surface area contributed by atoms with Gasteiger partial charge in [0.25, 0.3) is 11.1 Å². The molecule has 3 aromatic rings. The van der Waals surface area contributed by atoms with Crippen LogP contribution in [0.3, 0.4) is 0 Å². The molecule has 1 heterocycles. The molecule has 1 aromatic heterocycles. The number of aromatic nitrogens is 2. The summed E-state index contributed by atoms with van der Waals surface area (Å²) in [6.07, 6.45) is 0. The van der Waals surface area contributed by atoms with E-state index in [2.05, 4.69) is 14.7 Å². The molecule has 0 saturated carbocycles. The molecule has 0 unspecified atom stereocenters. The van der Waals surface area contributed by atoms with Crippen molar-refractivity contribution in [3.05, 3.63) is 54.6 Å². The van der Waals surface area contributed by atoms with Gasteiger partial charge in [-0.25, -0.2) is 8.42 Å². The summed E-state index contributed by atoms with van der Waals surface area (Å²) in [5.41, 5.74) is 0. The standard InChI is InChI=1S/C17H15N3O5S2/c1-24-13-9-5-6-10-14(13)25-11-15(21)18-16-19-17(20-26-16)27(22,23)12-7-3-2-4-8-12/h2-10H,11H2,1H3,(H,18,19,20,21). The Morgan fingerprint density at radius 2 is 1.74 bits per heavy atom. The van der Waals surface area contributed by atoms with E-state index in [0.29, 0.717) is 11.5 Å². The van der Waals surface area contributed by atoms with Crippen LogP contribution in [0.15, 0.2) is 64.6 Å². The lowest BCUT2D eigenvalue weighted by Gasteiger charge is -2.09. The van der Waals surface area contributed by atoms with Gasteiger partial charge < -0.3 is 9.47 Å². The average molecular weight is 405 g/mol. The summed E-state index contributed by atoms with van der Waals surface area (Å²) in [4.78, 5) is 16.0. The number of hydrogen-bond donors (Lipinski definition) is 1. The molecule has 3 rings (SSSR count). The second-order valence-corrected chi connectivity index (χ2v) is 7.78. The molecule has 140 valence electrons. The molecular weight excluding hydrogens is 390 g/mol. The molecule has 8 nitrogen and oxygen atoms in total. The van der Waals surface area contributed by atoms with Gasteiger partial charge in [-0.2, -0.15) is 9.36 Å². The molecule has 1 amide bonds. The maximum atomic E-state index is 12.4. The second-order valence-electron chi connectivity index (χ2n) is 5.19. The van der Waals surface area contributed by atoms with Gasteiger partial charge in [-0.1, -0.05) is 30.3 Å². The predicted octanol–water partition coefficient (Wildman–Crippen LogP) is 2.40. The van der Waals surface area contributed by atoms with Crippen LogP contribution < -0.4 is 14.8 Å². The Morgan fingerprint density at radius 3 is 2.44 bits per heavy atom. The van der Waals surface area contributed by atoms with E-state index in [1.165, 1.54) is 19.2 Å². The Labute approximate surface area is 159 Å². The van der Waals surface area contributed by atoms with Gasteiger partial charge in [0, 0.05) is 11.5 Å². The summed E-state index contributed by atoms with van der Waals surface area (Å²) in [5, 5.41) is 2.18. The van der Waals surface area contributed by atoms with Crippen molar-refractivity contribution in [1.29, 1.82) is 0 Å². The molecule has 0 fully saturated rings. The highest BCUT2D eigenvalue weighted by Crippen LogP contribution is 2.26. The van der Waals surface area contributed by atoms with Crippen LogP contribution in [-0.2, 0) is 14.6 Å². The first-order chi connectivity index (χ1) is 13.0. The van der Waals surface area contributed by atoms with Crippen LogP contribution in [0, 0.1) is 0 Å². The average Bonchev–Trinajstić information content (AvgIpc) is 3.16. The zero-order valence-corrected chi connectivity index (χ0v) is 15.8. The van der Waals surface area contributed by atoms with Crippen molar-refractivity contribution >= 4 is 32.4 Å². The van der Waals surface area contributed by atoms with Crippen molar-refractivity contribution in [2.75, 3.05) is 19.0 Å². The zero-order chi connectivity index (χ0) is 19.3. The monoisotopic (exact) mass is 405 g/mol. The van der Waals surface area contributed by atoms with E-state index in [1.54, 1.807) is 42.5 Å². The molecule has 0 aliphatic rings. The van der Waals surface area contributed by atoms with Gasteiger partial charge in [0.15, 0.2) is 18.1 Å². The third kappa shape index (κ3) is 4.41. The number of hydrogen-bond acceptors (Lipinski definition) is 8. The molecule has 0 radical (unpaired) electrons. The van der Waals surface area contributed by atoms with Gasteiger partial charge in [0.2, 0.25) is 15.0 Å². The van der Waals surface area contributed by atoms with Gasteiger partial charge in [-0.05, 0) is 24.3 Å². The van der Waals surface area contributed by atoms with Crippen LogP contribution in [0.5, 0.6) is 11.5 Å². The molecule has 0 aliphatic carbocycles. The number of carbonyl (C=O) groups excluding carboxylic acids is 1. The lowest BCUT2D eigenvalue weighted by molar-refractivity contribution is -0.118. The first-order valence-electron chi connectivity index (χ1n) is 7.70. The molecule has 10 heteroatoms. The fourth-order valence-electron chi connectivity index (χ4n) is 2.11. The molecule has 0 saturated heterocycles. The van der Waals surface area contributed by atoms with Crippen LogP contribution in [0.4, 0.5) is 5.13 Å². The Morgan fingerprint density at radius 1 is 1.07 bits per heavy atom. The summed E-state index contributed by atoms with van der Waals surface area (Å²) in [6.45, 7) is -0.291. The van der Waals surface area contributed by atoms with Crippen LogP contribution in [0.25, 0.3) is 0 Å². The largest absolute Gasteiger partial charge is 0.493 e. The quantitative estimate of drug-likeness (QED) is 0.643. The number of benzene rings is 2. The van der Waals surface area contributed by atoms with Gasteiger partial charge in [-0.3, -0.25) is 10.1 Å². The van der Waals surface area contributed by atoms with E-state index in [4.69, 9.17) is 9.47 Å². The first kappa shape index (κ1) is 18.8. The van der Waals surface area contributed by atoms with Crippen molar-refractivity contribution in [3.63, 3.8) is 0 Å². The minimum Gasteiger partial charge on any atom is -0.493 e. The third-order valence-corrected chi connectivity index (χ3v) is 5.68. The number of para-hydroxylation sites is 2. The summed E-state index contributed by atoms with van der Waals surface area (Å²) >= 11 is 0.776. The van der Waals surface area contributed by atoms with Gasteiger partial charge >= 0.3 is 0 Å². The van der Waals surface area contributed by atoms with Crippen molar-refractivity contribution in [2.24, 2.45) is 0 Å². The predicted molar refractivity (Wildman–Crippen MR) is 98.9 cm³/mol. The fourth-order valence-corrected chi connectivity index (χ4v) is 4.10. The van der Waals surface area contributed by atoms with Gasteiger partial charge in [-0.15, -0.1) is 0 Å². The van der Waals surface area contributed by atoms with Crippen LogP contribution >= 0.6 is 11.5 Å². The second kappa shape index (κ2) is 8.14. The maximum absolute atomic E-state index is 12.4. The Kier molecular flexibility index (Phi) is 5.67. The first-order valence-corrected chi connectivity index (χ1v) is 9.96. The Balaban J connectivity index is 1.65.